The van der Waals surface area contributed by atoms with Crippen molar-refractivity contribution in [3.05, 3.63) is 0 Å². The van der Waals surface area contributed by atoms with Crippen LogP contribution >= 0.6 is 58.0 Å². The largest absolute Gasteiger partial charge is 0.543 e. The highest BCUT2D eigenvalue weighted by atomic mass is 35.6. The first-order valence-corrected chi connectivity index (χ1v) is 8.66. The molecular formula is C8H15Cl5O3Si. The van der Waals surface area contributed by atoms with Crippen molar-refractivity contribution in [2.45, 2.75) is 28.5 Å². The molecule has 0 aliphatic rings. The van der Waals surface area contributed by atoms with E-state index in [1.54, 1.807) is 20.8 Å². The Morgan fingerprint density at radius 3 is 1.24 bits per heavy atom. The van der Waals surface area contributed by atoms with Gasteiger partial charge in [-0.2, -0.15) is 0 Å². The Bertz CT molecular complexity index is 217. The van der Waals surface area contributed by atoms with Gasteiger partial charge in [-0.1, -0.05) is 58.0 Å². The zero-order chi connectivity index (χ0) is 13.7. The zero-order valence-electron chi connectivity index (χ0n) is 9.74. The number of rotatable bonds is 7. The third-order valence-electron chi connectivity index (χ3n) is 1.74. The van der Waals surface area contributed by atoms with Crippen molar-refractivity contribution in [1.29, 1.82) is 0 Å². The molecule has 0 atom stereocenters. The smallest absolute Gasteiger partial charge is 0.372 e. The van der Waals surface area contributed by atoms with Crippen molar-refractivity contribution in [3.8, 4) is 0 Å². The van der Waals surface area contributed by atoms with Gasteiger partial charge in [0.15, 0.2) is 0 Å². The van der Waals surface area contributed by atoms with E-state index in [1.807, 2.05) is 0 Å². The third-order valence-corrected chi connectivity index (χ3v) is 8.76. The molecule has 0 heterocycles. The van der Waals surface area contributed by atoms with Crippen molar-refractivity contribution >= 4 is 66.8 Å². The van der Waals surface area contributed by atoms with Crippen LogP contribution in [0.5, 0.6) is 0 Å². The molecule has 0 saturated heterocycles. The molecular weight excluding hydrogens is 349 g/mol. The van der Waals surface area contributed by atoms with Gasteiger partial charge in [0, 0.05) is 19.8 Å². The molecule has 0 fully saturated rings. The Labute approximate surface area is 128 Å². The fourth-order valence-electron chi connectivity index (χ4n) is 1.14. The fourth-order valence-corrected chi connectivity index (χ4v) is 5.45. The molecule has 0 N–H and O–H groups in total. The van der Waals surface area contributed by atoms with Crippen LogP contribution in [0.2, 0.25) is 0 Å². The van der Waals surface area contributed by atoms with Gasteiger partial charge in [0.25, 0.3) is 0 Å². The first kappa shape index (κ1) is 18.5. The van der Waals surface area contributed by atoms with Gasteiger partial charge in [-0.15, -0.1) is 0 Å². The van der Waals surface area contributed by atoms with Gasteiger partial charge in [-0.25, -0.2) is 0 Å². The Hall–Kier alpha value is 1.55. The minimum absolute atomic E-state index is 0.286. The second kappa shape index (κ2) is 7.36. The molecule has 0 aromatic carbocycles. The van der Waals surface area contributed by atoms with E-state index >= 15 is 0 Å². The fraction of sp³-hybridized carbons (Fsp3) is 1.00. The number of alkyl halides is 5. The van der Waals surface area contributed by atoms with E-state index in [2.05, 4.69) is 0 Å². The average Bonchev–Trinajstić information content (AvgIpc) is 2.16. The summed E-state index contributed by atoms with van der Waals surface area (Å²) in [5, 5.41) is 0. The minimum atomic E-state index is -3.52. The highest BCUT2D eigenvalue weighted by molar-refractivity contribution is 6.93. The summed E-state index contributed by atoms with van der Waals surface area (Å²) in [5.74, 6) is 0. The van der Waals surface area contributed by atoms with Crippen LogP contribution in [0.15, 0.2) is 0 Å². The molecule has 0 radical (unpaired) electrons. The van der Waals surface area contributed by atoms with Gasteiger partial charge in [0.05, 0.1) is 0 Å². The normalized spacial score (nSPS) is 14.1. The topological polar surface area (TPSA) is 27.7 Å². The molecule has 3 nitrogen and oxygen atoms in total. The molecule has 17 heavy (non-hydrogen) atoms. The molecule has 0 rings (SSSR count). The van der Waals surface area contributed by atoms with E-state index in [0.717, 1.165) is 0 Å². The maximum atomic E-state index is 6.13. The first-order valence-electron chi connectivity index (χ1n) is 5.04. The molecule has 0 bridgehead atoms. The van der Waals surface area contributed by atoms with Crippen LogP contribution < -0.4 is 0 Å². The van der Waals surface area contributed by atoms with Crippen molar-refractivity contribution < 1.29 is 13.3 Å². The first-order chi connectivity index (χ1) is 7.68. The summed E-state index contributed by atoms with van der Waals surface area (Å²) in [7, 11) is -3.52. The van der Waals surface area contributed by atoms with E-state index in [0.29, 0.717) is 0 Å². The highest BCUT2D eigenvalue weighted by Gasteiger charge is 2.69. The van der Waals surface area contributed by atoms with Crippen LogP contribution in [-0.2, 0) is 13.3 Å². The lowest BCUT2D eigenvalue weighted by molar-refractivity contribution is 0.0654. The van der Waals surface area contributed by atoms with Crippen molar-refractivity contribution in [2.75, 3.05) is 19.8 Å². The van der Waals surface area contributed by atoms with E-state index in [-0.39, 0.29) is 19.8 Å². The summed E-state index contributed by atoms with van der Waals surface area (Å²) in [6.07, 6.45) is 0. The lowest BCUT2D eigenvalue weighted by atomic mass is 10.9. The number of halogens is 5. The minimum Gasteiger partial charge on any atom is -0.372 e. The highest BCUT2D eigenvalue weighted by Crippen LogP contribution is 2.52. The van der Waals surface area contributed by atoms with Crippen molar-refractivity contribution in [2.24, 2.45) is 0 Å². The van der Waals surface area contributed by atoms with Gasteiger partial charge in [0.2, 0.25) is 7.75 Å². The Morgan fingerprint density at radius 1 is 0.765 bits per heavy atom. The quantitative estimate of drug-likeness (QED) is 0.502. The lowest BCUT2D eigenvalue weighted by Gasteiger charge is -2.40. The molecule has 0 saturated carbocycles. The van der Waals surface area contributed by atoms with Gasteiger partial charge < -0.3 is 13.3 Å². The average molecular weight is 365 g/mol. The Morgan fingerprint density at radius 2 is 1.06 bits per heavy atom. The molecule has 0 unspecified atom stereocenters. The SMILES string of the molecule is CCO[Si](OCC)(OCC)C(Cl)(Cl)C(Cl)(Cl)Cl. The Kier molecular flexibility index (Phi) is 8.03. The van der Waals surface area contributed by atoms with E-state index < -0.39 is 16.6 Å². The van der Waals surface area contributed by atoms with Gasteiger partial charge >= 0.3 is 8.80 Å². The van der Waals surface area contributed by atoms with Crippen LogP contribution in [0.1, 0.15) is 20.8 Å². The Balaban J connectivity index is 5.38. The van der Waals surface area contributed by atoms with Crippen molar-refractivity contribution in [1.82, 2.24) is 0 Å². The molecule has 0 amide bonds. The predicted molar refractivity (Wildman–Crippen MR) is 75.4 cm³/mol. The summed E-state index contributed by atoms with van der Waals surface area (Å²) in [4.78, 5) is 0. The number of hydrogen-bond acceptors (Lipinski definition) is 3. The van der Waals surface area contributed by atoms with E-state index in [4.69, 9.17) is 71.3 Å². The standard InChI is InChI=1S/C8H15Cl5O3Si/c1-4-14-17(15-5-2,16-6-3)8(12,13)7(9,10)11/h4-6H2,1-3H3. The summed E-state index contributed by atoms with van der Waals surface area (Å²) >= 11 is 29.6. The van der Waals surface area contributed by atoms with E-state index in [1.165, 1.54) is 0 Å². The molecule has 9 heteroatoms. The van der Waals surface area contributed by atoms with Crippen LogP contribution in [0, 0.1) is 0 Å². The third kappa shape index (κ3) is 4.26. The molecule has 104 valence electrons. The summed E-state index contributed by atoms with van der Waals surface area (Å²) in [5.41, 5.74) is 0. The predicted octanol–water partition coefficient (Wildman–Crippen LogP) is 4.12. The maximum Gasteiger partial charge on any atom is 0.543 e. The second-order valence-corrected chi connectivity index (χ2v) is 9.90. The molecule has 0 aliphatic heterocycles. The van der Waals surface area contributed by atoms with Gasteiger partial charge in [-0.3, -0.25) is 0 Å². The van der Waals surface area contributed by atoms with Crippen molar-refractivity contribution in [3.63, 3.8) is 0 Å². The van der Waals surface area contributed by atoms with Crippen LogP contribution in [-0.4, -0.2) is 36.4 Å². The monoisotopic (exact) mass is 362 g/mol. The lowest BCUT2D eigenvalue weighted by Crippen LogP contribution is -2.65. The van der Waals surface area contributed by atoms with Gasteiger partial charge in [-0.05, 0) is 20.8 Å². The molecule has 0 aromatic heterocycles. The maximum absolute atomic E-state index is 6.13. The van der Waals surface area contributed by atoms with Crippen LogP contribution in [0.3, 0.4) is 0 Å². The van der Waals surface area contributed by atoms with Gasteiger partial charge in [0.1, 0.15) is 0 Å². The molecule has 0 spiro atoms. The zero-order valence-corrected chi connectivity index (χ0v) is 14.5. The number of hydrogen-bond donors (Lipinski definition) is 0. The summed E-state index contributed by atoms with van der Waals surface area (Å²) in [6, 6.07) is 0. The van der Waals surface area contributed by atoms with Crippen LogP contribution in [0.4, 0.5) is 0 Å². The van der Waals surface area contributed by atoms with E-state index in [9.17, 15) is 0 Å². The summed E-state index contributed by atoms with van der Waals surface area (Å²) < 4.78 is 12.6. The summed E-state index contributed by atoms with van der Waals surface area (Å²) in [6.45, 7) is 6.11. The molecule has 0 aliphatic carbocycles. The molecule has 0 aromatic rings. The second-order valence-electron chi connectivity index (χ2n) is 2.93. The van der Waals surface area contributed by atoms with Crippen LogP contribution in [0.25, 0.3) is 0 Å².